The number of rotatable bonds is 8. The first-order chi connectivity index (χ1) is 11.1. The average Bonchev–Trinajstić information content (AvgIpc) is 3.08. The van der Waals surface area contributed by atoms with E-state index in [0.29, 0.717) is 37.3 Å². The first-order valence-electron chi connectivity index (χ1n) is 7.68. The van der Waals surface area contributed by atoms with Gasteiger partial charge in [-0.1, -0.05) is 35.9 Å². The van der Waals surface area contributed by atoms with Crippen molar-refractivity contribution >= 4 is 23.2 Å². The van der Waals surface area contributed by atoms with Crippen molar-refractivity contribution in [3.05, 3.63) is 57.8 Å². The van der Waals surface area contributed by atoms with E-state index in [2.05, 4.69) is 5.32 Å². The van der Waals surface area contributed by atoms with Crippen molar-refractivity contribution in [2.75, 3.05) is 13.2 Å². The molecular formula is C18H21NO3S. The third-order valence-electron chi connectivity index (χ3n) is 3.35. The Morgan fingerprint density at radius 3 is 2.65 bits per heavy atom. The molecule has 0 fully saturated rings. The number of hydrogen-bond donors (Lipinski definition) is 1. The Morgan fingerprint density at radius 2 is 1.96 bits per heavy atom. The van der Waals surface area contributed by atoms with Gasteiger partial charge in [-0.05, 0) is 36.8 Å². The summed E-state index contributed by atoms with van der Waals surface area (Å²) >= 11 is 1.41. The maximum absolute atomic E-state index is 11.7. The third kappa shape index (κ3) is 6.24. The van der Waals surface area contributed by atoms with Crippen molar-refractivity contribution in [2.24, 2.45) is 0 Å². The van der Waals surface area contributed by atoms with Crippen LogP contribution in [0.2, 0.25) is 0 Å². The summed E-state index contributed by atoms with van der Waals surface area (Å²) < 4.78 is 5.17. The van der Waals surface area contributed by atoms with E-state index in [1.165, 1.54) is 16.9 Å². The number of hydrogen-bond acceptors (Lipinski definition) is 4. The molecule has 1 aromatic carbocycles. The van der Waals surface area contributed by atoms with Crippen LogP contribution in [0.5, 0.6) is 0 Å². The van der Waals surface area contributed by atoms with Gasteiger partial charge in [0.25, 0.3) is 5.91 Å². The highest BCUT2D eigenvalue weighted by Crippen LogP contribution is 2.08. The molecule has 0 aliphatic carbocycles. The van der Waals surface area contributed by atoms with E-state index in [4.69, 9.17) is 4.74 Å². The van der Waals surface area contributed by atoms with Crippen molar-refractivity contribution < 1.29 is 14.3 Å². The second-order valence-electron chi connectivity index (χ2n) is 5.29. The smallest absolute Gasteiger partial charge is 0.306 e. The summed E-state index contributed by atoms with van der Waals surface area (Å²) in [7, 11) is 0. The minimum Gasteiger partial charge on any atom is -0.466 e. The van der Waals surface area contributed by atoms with E-state index in [0.717, 1.165) is 5.56 Å². The van der Waals surface area contributed by atoms with Gasteiger partial charge in [-0.15, -0.1) is 11.3 Å². The lowest BCUT2D eigenvalue weighted by Gasteiger charge is -2.06. The Bertz CT molecular complexity index is 620. The van der Waals surface area contributed by atoms with Gasteiger partial charge < -0.3 is 10.1 Å². The molecule has 0 radical (unpaired) electrons. The van der Waals surface area contributed by atoms with E-state index >= 15 is 0 Å². The molecule has 1 aromatic heterocycles. The quantitative estimate of drug-likeness (QED) is 0.596. The third-order valence-corrected chi connectivity index (χ3v) is 4.22. The Balaban J connectivity index is 1.54. The number of amides is 1. The monoisotopic (exact) mass is 331 g/mol. The zero-order chi connectivity index (χ0) is 16.5. The Hall–Kier alpha value is -2.14. The van der Waals surface area contributed by atoms with Gasteiger partial charge in [-0.3, -0.25) is 9.59 Å². The lowest BCUT2D eigenvalue weighted by Crippen LogP contribution is -2.24. The molecule has 0 aliphatic rings. The van der Waals surface area contributed by atoms with Crippen molar-refractivity contribution in [1.82, 2.24) is 5.32 Å². The van der Waals surface area contributed by atoms with Crippen LogP contribution in [0, 0.1) is 6.92 Å². The molecule has 2 rings (SSSR count). The summed E-state index contributed by atoms with van der Waals surface area (Å²) in [5, 5.41) is 4.67. The highest BCUT2D eigenvalue weighted by molar-refractivity contribution is 7.12. The van der Waals surface area contributed by atoms with Crippen LogP contribution in [-0.2, 0) is 16.0 Å². The van der Waals surface area contributed by atoms with E-state index < -0.39 is 0 Å². The van der Waals surface area contributed by atoms with E-state index in [1.807, 2.05) is 42.6 Å². The number of ether oxygens (including phenoxy) is 1. The Morgan fingerprint density at radius 1 is 1.17 bits per heavy atom. The topological polar surface area (TPSA) is 55.4 Å². The molecule has 0 unspecified atom stereocenters. The predicted molar refractivity (Wildman–Crippen MR) is 91.7 cm³/mol. The maximum Gasteiger partial charge on any atom is 0.306 e. The van der Waals surface area contributed by atoms with Crippen LogP contribution in [0.3, 0.4) is 0 Å². The Labute approximate surface area is 140 Å². The molecule has 0 atom stereocenters. The molecule has 5 heteroatoms. The summed E-state index contributed by atoms with van der Waals surface area (Å²) in [6.45, 7) is 2.87. The largest absolute Gasteiger partial charge is 0.466 e. The molecular weight excluding hydrogens is 310 g/mol. The summed E-state index contributed by atoms with van der Waals surface area (Å²) in [6.07, 6.45) is 1.69. The molecule has 0 aliphatic heterocycles. The fourth-order valence-electron chi connectivity index (χ4n) is 2.03. The molecule has 23 heavy (non-hydrogen) atoms. The number of carbonyl (C=O) groups is 2. The van der Waals surface area contributed by atoms with Crippen molar-refractivity contribution in [2.45, 2.75) is 26.2 Å². The molecule has 0 saturated heterocycles. The minimum absolute atomic E-state index is 0.0781. The lowest BCUT2D eigenvalue weighted by atomic mass is 10.1. The van der Waals surface area contributed by atoms with Gasteiger partial charge in [-0.25, -0.2) is 0 Å². The fraction of sp³-hybridized carbons (Fsp3) is 0.333. The molecule has 0 spiro atoms. The van der Waals surface area contributed by atoms with Crippen molar-refractivity contribution in [1.29, 1.82) is 0 Å². The normalized spacial score (nSPS) is 10.3. The molecule has 2 aromatic rings. The first-order valence-corrected chi connectivity index (χ1v) is 8.56. The van der Waals surface area contributed by atoms with E-state index in [-0.39, 0.29) is 11.9 Å². The van der Waals surface area contributed by atoms with Gasteiger partial charge in [0.05, 0.1) is 11.5 Å². The van der Waals surface area contributed by atoms with E-state index in [1.54, 1.807) is 6.07 Å². The SMILES string of the molecule is Cc1ccc(CCC(=O)OCCCNC(=O)c2cccs2)cc1. The van der Waals surface area contributed by atoms with Gasteiger partial charge in [-0.2, -0.15) is 0 Å². The number of aryl methyl sites for hydroxylation is 2. The molecule has 1 heterocycles. The van der Waals surface area contributed by atoms with Gasteiger partial charge in [0.1, 0.15) is 0 Å². The molecule has 1 amide bonds. The standard InChI is InChI=1S/C18H21NO3S/c1-14-5-7-15(8-6-14)9-10-17(20)22-12-3-11-19-18(21)16-4-2-13-23-16/h2,4-8,13H,3,9-12H2,1H3,(H,19,21). The number of thiophene rings is 1. The van der Waals surface area contributed by atoms with Crippen LogP contribution in [0.25, 0.3) is 0 Å². The van der Waals surface area contributed by atoms with E-state index in [9.17, 15) is 9.59 Å². The van der Waals surface area contributed by atoms with Crippen molar-refractivity contribution in [3.63, 3.8) is 0 Å². The minimum atomic E-state index is -0.199. The average molecular weight is 331 g/mol. The van der Waals surface area contributed by atoms with Crippen LogP contribution in [0.15, 0.2) is 41.8 Å². The van der Waals surface area contributed by atoms with Crippen LogP contribution in [0.4, 0.5) is 0 Å². The molecule has 0 bridgehead atoms. The summed E-state index contributed by atoms with van der Waals surface area (Å²) in [6, 6.07) is 11.8. The lowest BCUT2D eigenvalue weighted by molar-refractivity contribution is -0.143. The Kier molecular flexibility index (Phi) is 6.81. The number of esters is 1. The maximum atomic E-state index is 11.7. The summed E-state index contributed by atoms with van der Waals surface area (Å²) in [5.74, 6) is -0.277. The number of carbonyl (C=O) groups excluding carboxylic acids is 2. The summed E-state index contributed by atoms with van der Waals surface area (Å²) in [4.78, 5) is 24.0. The van der Waals surface area contributed by atoms with Crippen LogP contribution < -0.4 is 5.32 Å². The molecule has 0 saturated carbocycles. The van der Waals surface area contributed by atoms with Gasteiger partial charge in [0.2, 0.25) is 0 Å². The first kappa shape index (κ1) is 17.2. The van der Waals surface area contributed by atoms with Crippen molar-refractivity contribution in [3.8, 4) is 0 Å². The summed E-state index contributed by atoms with van der Waals surface area (Å²) in [5.41, 5.74) is 2.34. The van der Waals surface area contributed by atoms with Gasteiger partial charge in [0.15, 0.2) is 0 Å². The zero-order valence-electron chi connectivity index (χ0n) is 13.2. The molecule has 4 nitrogen and oxygen atoms in total. The van der Waals surface area contributed by atoms with Gasteiger partial charge >= 0.3 is 5.97 Å². The van der Waals surface area contributed by atoms with Crippen LogP contribution in [-0.4, -0.2) is 25.0 Å². The van der Waals surface area contributed by atoms with Gasteiger partial charge in [0, 0.05) is 13.0 Å². The molecule has 1 N–H and O–H groups in total. The van der Waals surface area contributed by atoms with Crippen LogP contribution in [0.1, 0.15) is 33.6 Å². The second-order valence-corrected chi connectivity index (χ2v) is 6.24. The highest BCUT2D eigenvalue weighted by Gasteiger charge is 2.06. The predicted octanol–water partition coefficient (Wildman–Crippen LogP) is 3.35. The molecule has 122 valence electrons. The highest BCUT2D eigenvalue weighted by atomic mass is 32.1. The fourth-order valence-corrected chi connectivity index (χ4v) is 2.67. The zero-order valence-corrected chi connectivity index (χ0v) is 14.0. The number of benzene rings is 1. The number of nitrogens with one attached hydrogen (secondary N) is 1. The van der Waals surface area contributed by atoms with Crippen LogP contribution >= 0.6 is 11.3 Å². The second kappa shape index (κ2) is 9.10.